The topological polar surface area (TPSA) is 67.2 Å². The number of amides is 2. The third kappa shape index (κ3) is 3.13. The number of benzene rings is 1. The van der Waals surface area contributed by atoms with Crippen molar-refractivity contribution < 1.29 is 9.21 Å². The Bertz CT molecular complexity index is 659. The number of aryl methyl sites for hydroxylation is 3. The lowest BCUT2D eigenvalue weighted by molar-refractivity contribution is 0.250. The molecule has 5 nitrogen and oxygen atoms in total. The van der Waals surface area contributed by atoms with E-state index in [0.29, 0.717) is 12.5 Å². The average Bonchev–Trinajstić information content (AvgIpc) is 2.83. The smallest absolute Gasteiger partial charge is 0.322 e. The van der Waals surface area contributed by atoms with E-state index < -0.39 is 0 Å². The van der Waals surface area contributed by atoms with E-state index >= 15 is 0 Å². The van der Waals surface area contributed by atoms with Crippen LogP contribution in [0.15, 0.2) is 28.7 Å². The molecule has 0 bridgehead atoms. The molecule has 0 aliphatic heterocycles. The number of hydrogen-bond acceptors (Lipinski definition) is 3. The van der Waals surface area contributed by atoms with Crippen molar-refractivity contribution in [2.24, 2.45) is 0 Å². The van der Waals surface area contributed by atoms with Gasteiger partial charge in [0.2, 0.25) is 0 Å². The lowest BCUT2D eigenvalue weighted by Gasteiger charge is -2.25. The second kappa shape index (κ2) is 6.22. The summed E-state index contributed by atoms with van der Waals surface area (Å²) in [7, 11) is 0. The molecule has 0 unspecified atom stereocenters. The predicted molar refractivity (Wildman–Crippen MR) is 85.1 cm³/mol. The van der Waals surface area contributed by atoms with Crippen molar-refractivity contribution in [3.8, 4) is 0 Å². The number of fused-ring (bicyclic) bond motifs is 1. The summed E-state index contributed by atoms with van der Waals surface area (Å²) in [5, 5.41) is 5.56. The number of carbonyl (C=O) groups excluding carboxylic acids is 1. The third-order valence-corrected chi connectivity index (χ3v) is 4.25. The highest BCUT2D eigenvalue weighted by Gasteiger charge is 2.20. The van der Waals surface area contributed by atoms with Crippen LogP contribution in [-0.4, -0.2) is 17.6 Å². The number of rotatable bonds is 3. The number of oxazole rings is 1. The van der Waals surface area contributed by atoms with Crippen molar-refractivity contribution in [2.45, 2.75) is 39.0 Å². The zero-order valence-electron chi connectivity index (χ0n) is 13.0. The number of hydrogen-bond donors (Lipinski definition) is 2. The fraction of sp³-hybridized carbons (Fsp3) is 0.412. The van der Waals surface area contributed by atoms with Crippen LogP contribution in [0.2, 0.25) is 0 Å². The minimum atomic E-state index is -0.274. The lowest BCUT2D eigenvalue weighted by atomic mass is 9.83. The summed E-state index contributed by atoms with van der Waals surface area (Å²) in [5.74, 6) is 1.10. The molecule has 2 N–H and O–H groups in total. The standard InChI is InChI=1S/C17H21N3O2/c1-11-12(2)22-17(19-11)20-16(21)18-10-14-8-5-7-13-6-3-4-9-15(13)14/h3-4,6,9,14H,5,7-8,10H2,1-2H3,(H2,18,19,20,21)/t14-/m1/s1. The number of nitrogens with one attached hydrogen (secondary N) is 2. The van der Waals surface area contributed by atoms with Gasteiger partial charge in [0.15, 0.2) is 0 Å². The first kappa shape index (κ1) is 14.6. The van der Waals surface area contributed by atoms with Crippen molar-refractivity contribution in [1.82, 2.24) is 10.3 Å². The SMILES string of the molecule is Cc1nc(NC(=O)NC[C@H]2CCCc3ccccc32)oc1C. The highest BCUT2D eigenvalue weighted by molar-refractivity contribution is 5.87. The molecule has 1 aliphatic rings. The van der Waals surface area contributed by atoms with Crippen LogP contribution in [0.25, 0.3) is 0 Å². The van der Waals surface area contributed by atoms with Crippen LogP contribution in [-0.2, 0) is 6.42 Å². The summed E-state index contributed by atoms with van der Waals surface area (Å²) >= 11 is 0. The van der Waals surface area contributed by atoms with Gasteiger partial charge in [-0.1, -0.05) is 24.3 Å². The van der Waals surface area contributed by atoms with Crippen molar-refractivity contribution in [2.75, 3.05) is 11.9 Å². The number of urea groups is 1. The maximum absolute atomic E-state index is 12.0. The predicted octanol–water partition coefficient (Wildman–Crippen LogP) is 3.53. The molecule has 3 rings (SSSR count). The maximum Gasteiger partial charge on any atom is 0.322 e. The Morgan fingerprint density at radius 1 is 1.36 bits per heavy atom. The molecule has 2 amide bonds. The lowest BCUT2D eigenvalue weighted by Crippen LogP contribution is -2.33. The third-order valence-electron chi connectivity index (χ3n) is 4.25. The molecular weight excluding hydrogens is 278 g/mol. The van der Waals surface area contributed by atoms with E-state index in [2.05, 4.69) is 39.9 Å². The summed E-state index contributed by atoms with van der Waals surface area (Å²) in [4.78, 5) is 16.1. The van der Waals surface area contributed by atoms with Crippen LogP contribution in [0.1, 0.15) is 41.3 Å². The van der Waals surface area contributed by atoms with Crippen LogP contribution in [0.4, 0.5) is 10.8 Å². The van der Waals surface area contributed by atoms with Crippen LogP contribution < -0.4 is 10.6 Å². The van der Waals surface area contributed by atoms with Gasteiger partial charge in [-0.25, -0.2) is 4.79 Å². The highest BCUT2D eigenvalue weighted by atomic mass is 16.4. The molecule has 5 heteroatoms. The first-order chi connectivity index (χ1) is 10.6. The summed E-state index contributed by atoms with van der Waals surface area (Å²) < 4.78 is 5.35. The summed E-state index contributed by atoms with van der Waals surface area (Å²) in [6.45, 7) is 4.30. The Hall–Kier alpha value is -2.30. The molecule has 1 atom stereocenters. The second-order valence-corrected chi connectivity index (χ2v) is 5.78. The van der Waals surface area contributed by atoms with Crippen molar-refractivity contribution in [3.05, 3.63) is 46.8 Å². The zero-order valence-corrected chi connectivity index (χ0v) is 13.0. The second-order valence-electron chi connectivity index (χ2n) is 5.78. The summed E-state index contributed by atoms with van der Waals surface area (Å²) in [5.41, 5.74) is 3.55. The van der Waals surface area contributed by atoms with Crippen LogP contribution in [0.3, 0.4) is 0 Å². The van der Waals surface area contributed by atoms with E-state index in [1.807, 2.05) is 13.8 Å². The molecule has 0 spiro atoms. The van der Waals surface area contributed by atoms with Crippen molar-refractivity contribution in [3.63, 3.8) is 0 Å². The van der Waals surface area contributed by atoms with E-state index in [-0.39, 0.29) is 12.0 Å². The molecule has 0 fully saturated rings. The van der Waals surface area contributed by atoms with E-state index in [0.717, 1.165) is 24.3 Å². The van der Waals surface area contributed by atoms with Gasteiger partial charge in [0, 0.05) is 12.5 Å². The fourth-order valence-corrected chi connectivity index (χ4v) is 2.95. The molecule has 1 heterocycles. The summed E-state index contributed by atoms with van der Waals surface area (Å²) in [6.07, 6.45) is 3.41. The minimum absolute atomic E-state index is 0.247. The first-order valence-electron chi connectivity index (χ1n) is 7.70. The van der Waals surface area contributed by atoms with Crippen LogP contribution in [0.5, 0.6) is 0 Å². The quantitative estimate of drug-likeness (QED) is 0.911. The van der Waals surface area contributed by atoms with Gasteiger partial charge in [0.05, 0.1) is 5.69 Å². The van der Waals surface area contributed by atoms with Crippen molar-refractivity contribution in [1.29, 1.82) is 0 Å². The number of nitrogens with zero attached hydrogens (tertiary/aromatic N) is 1. The van der Waals surface area contributed by atoms with Crippen LogP contribution >= 0.6 is 0 Å². The van der Waals surface area contributed by atoms with E-state index in [1.54, 1.807) is 0 Å². The van der Waals surface area contributed by atoms with Gasteiger partial charge in [-0.05, 0) is 44.2 Å². The van der Waals surface area contributed by atoms with E-state index in [4.69, 9.17) is 4.42 Å². The number of aromatic nitrogens is 1. The Morgan fingerprint density at radius 2 is 2.18 bits per heavy atom. The molecule has 2 aromatic rings. The van der Waals surface area contributed by atoms with E-state index in [9.17, 15) is 4.79 Å². The fourth-order valence-electron chi connectivity index (χ4n) is 2.95. The molecule has 1 aromatic heterocycles. The molecule has 116 valence electrons. The molecule has 22 heavy (non-hydrogen) atoms. The monoisotopic (exact) mass is 299 g/mol. The van der Waals surface area contributed by atoms with Gasteiger partial charge in [-0.15, -0.1) is 0 Å². The Morgan fingerprint density at radius 3 is 2.95 bits per heavy atom. The van der Waals surface area contributed by atoms with Gasteiger partial charge in [-0.3, -0.25) is 5.32 Å². The van der Waals surface area contributed by atoms with Gasteiger partial charge in [0.1, 0.15) is 5.76 Å². The van der Waals surface area contributed by atoms with Gasteiger partial charge in [0.25, 0.3) is 0 Å². The van der Waals surface area contributed by atoms with Gasteiger partial charge < -0.3 is 9.73 Å². The van der Waals surface area contributed by atoms with Gasteiger partial charge >= 0.3 is 12.0 Å². The Kier molecular flexibility index (Phi) is 4.13. The van der Waals surface area contributed by atoms with Crippen LogP contribution in [0, 0.1) is 13.8 Å². The molecule has 0 saturated carbocycles. The Balaban J connectivity index is 1.58. The highest BCUT2D eigenvalue weighted by Crippen LogP contribution is 2.30. The Labute approximate surface area is 130 Å². The van der Waals surface area contributed by atoms with E-state index in [1.165, 1.54) is 17.5 Å². The first-order valence-corrected chi connectivity index (χ1v) is 7.70. The number of anilines is 1. The molecule has 1 aromatic carbocycles. The average molecular weight is 299 g/mol. The molecular formula is C17H21N3O2. The molecule has 0 saturated heterocycles. The largest absolute Gasteiger partial charge is 0.428 e. The van der Waals surface area contributed by atoms with Gasteiger partial charge in [-0.2, -0.15) is 4.98 Å². The molecule has 1 aliphatic carbocycles. The van der Waals surface area contributed by atoms with Crippen molar-refractivity contribution >= 4 is 12.0 Å². The summed E-state index contributed by atoms with van der Waals surface area (Å²) in [6, 6.07) is 8.46. The maximum atomic E-state index is 12.0. The minimum Gasteiger partial charge on any atom is -0.428 e. The molecule has 0 radical (unpaired) electrons. The number of carbonyl (C=O) groups is 1. The normalized spacial score (nSPS) is 16.9. The zero-order chi connectivity index (χ0) is 15.5.